The van der Waals surface area contributed by atoms with Crippen LogP contribution >= 0.6 is 34.5 Å². The molecular formula is C18H18Cl2N2O3S. The lowest BCUT2D eigenvalue weighted by atomic mass is 10.1. The Morgan fingerprint density at radius 2 is 1.81 bits per heavy atom. The first-order valence-electron chi connectivity index (χ1n) is 7.95. The molecule has 26 heavy (non-hydrogen) atoms. The number of Topliss-reactive ketones (excluding diaryl/α,β-unsaturated/α-hetero) is 1. The number of thiophene rings is 1. The number of amides is 2. The summed E-state index contributed by atoms with van der Waals surface area (Å²) in [6.45, 7) is 3.68. The number of nitrogens with one attached hydrogen (secondary N) is 2. The van der Waals surface area contributed by atoms with Crippen molar-refractivity contribution in [3.8, 4) is 0 Å². The lowest BCUT2D eigenvalue weighted by Gasteiger charge is -2.13. The summed E-state index contributed by atoms with van der Waals surface area (Å²) in [6, 6.07) is 7.88. The Labute approximate surface area is 165 Å². The van der Waals surface area contributed by atoms with Gasteiger partial charge in [0.2, 0.25) is 5.91 Å². The lowest BCUT2D eigenvalue weighted by Crippen LogP contribution is -2.31. The van der Waals surface area contributed by atoms with Gasteiger partial charge in [0.1, 0.15) is 0 Å². The van der Waals surface area contributed by atoms with Crippen LogP contribution in [0.3, 0.4) is 0 Å². The van der Waals surface area contributed by atoms with Crippen molar-refractivity contribution in [1.29, 1.82) is 0 Å². The zero-order valence-electron chi connectivity index (χ0n) is 14.3. The van der Waals surface area contributed by atoms with E-state index in [0.717, 1.165) is 0 Å². The van der Waals surface area contributed by atoms with E-state index in [9.17, 15) is 14.4 Å². The van der Waals surface area contributed by atoms with E-state index in [1.807, 2.05) is 13.8 Å². The molecule has 1 aromatic heterocycles. The molecule has 0 radical (unpaired) electrons. The van der Waals surface area contributed by atoms with Crippen molar-refractivity contribution in [2.24, 2.45) is 0 Å². The van der Waals surface area contributed by atoms with Crippen LogP contribution in [0.25, 0.3) is 0 Å². The molecule has 2 aromatic rings. The van der Waals surface area contributed by atoms with E-state index < -0.39 is 0 Å². The fourth-order valence-electron chi connectivity index (χ4n) is 2.18. The zero-order valence-corrected chi connectivity index (χ0v) is 16.6. The number of hydrogen-bond donors (Lipinski definition) is 2. The van der Waals surface area contributed by atoms with E-state index in [1.54, 1.807) is 24.3 Å². The highest BCUT2D eigenvalue weighted by Crippen LogP contribution is 2.24. The van der Waals surface area contributed by atoms with Crippen molar-refractivity contribution in [2.45, 2.75) is 32.7 Å². The maximum absolute atomic E-state index is 12.3. The summed E-state index contributed by atoms with van der Waals surface area (Å²) >= 11 is 13.0. The summed E-state index contributed by atoms with van der Waals surface area (Å²) in [7, 11) is 0. The molecule has 0 aliphatic rings. The van der Waals surface area contributed by atoms with Crippen LogP contribution in [0.5, 0.6) is 0 Å². The van der Waals surface area contributed by atoms with Crippen LogP contribution < -0.4 is 10.6 Å². The van der Waals surface area contributed by atoms with Gasteiger partial charge in [0.15, 0.2) is 5.78 Å². The van der Waals surface area contributed by atoms with Crippen molar-refractivity contribution in [1.82, 2.24) is 5.32 Å². The molecule has 0 spiro atoms. The predicted molar refractivity (Wildman–Crippen MR) is 106 cm³/mol. The van der Waals surface area contributed by atoms with Crippen LogP contribution in [0.15, 0.2) is 30.3 Å². The van der Waals surface area contributed by atoms with Crippen LogP contribution in [0.2, 0.25) is 9.36 Å². The number of benzene rings is 1. The maximum atomic E-state index is 12.3. The average molecular weight is 413 g/mol. The first-order valence-corrected chi connectivity index (χ1v) is 9.52. The fraction of sp³-hybridized carbons (Fsp3) is 0.278. The van der Waals surface area contributed by atoms with Crippen LogP contribution in [-0.2, 0) is 4.79 Å². The van der Waals surface area contributed by atoms with Crippen molar-refractivity contribution < 1.29 is 14.4 Å². The molecular weight excluding hydrogens is 395 g/mol. The molecule has 2 N–H and O–H groups in total. The van der Waals surface area contributed by atoms with E-state index >= 15 is 0 Å². The van der Waals surface area contributed by atoms with E-state index in [1.165, 1.54) is 17.4 Å². The second-order valence-electron chi connectivity index (χ2n) is 5.89. The van der Waals surface area contributed by atoms with Crippen molar-refractivity contribution in [3.63, 3.8) is 0 Å². The molecule has 0 aliphatic heterocycles. The molecule has 0 bridgehead atoms. The van der Waals surface area contributed by atoms with Gasteiger partial charge in [0, 0.05) is 23.9 Å². The zero-order chi connectivity index (χ0) is 19.3. The molecule has 138 valence electrons. The van der Waals surface area contributed by atoms with Gasteiger partial charge in [0.25, 0.3) is 5.91 Å². The van der Waals surface area contributed by atoms with Gasteiger partial charge in [0.05, 0.1) is 20.5 Å². The number of hydrogen-bond acceptors (Lipinski definition) is 4. The quantitative estimate of drug-likeness (QED) is 0.641. The minimum Gasteiger partial charge on any atom is -0.350 e. The van der Waals surface area contributed by atoms with Gasteiger partial charge in [-0.05, 0) is 44.2 Å². The topological polar surface area (TPSA) is 75.3 Å². The number of carbonyl (C=O) groups excluding carboxylic acids is 3. The fourth-order valence-corrected chi connectivity index (χ4v) is 3.37. The van der Waals surface area contributed by atoms with Gasteiger partial charge in [-0.25, -0.2) is 0 Å². The third-order valence-electron chi connectivity index (χ3n) is 3.35. The third-order valence-corrected chi connectivity index (χ3v) is 4.85. The van der Waals surface area contributed by atoms with E-state index in [0.29, 0.717) is 25.5 Å². The van der Waals surface area contributed by atoms with Gasteiger partial charge < -0.3 is 10.6 Å². The molecule has 0 atom stereocenters. The maximum Gasteiger partial charge on any atom is 0.253 e. The molecule has 1 aromatic carbocycles. The SMILES string of the molecule is CC(C)NC(=O)c1ccc(Cl)cc1NC(=O)CCC(=O)c1ccc(Cl)s1. The van der Waals surface area contributed by atoms with Crippen LogP contribution in [-0.4, -0.2) is 23.6 Å². The lowest BCUT2D eigenvalue weighted by molar-refractivity contribution is -0.116. The minimum atomic E-state index is -0.373. The van der Waals surface area contributed by atoms with Gasteiger partial charge >= 0.3 is 0 Å². The minimum absolute atomic E-state index is 0.00783. The highest BCUT2D eigenvalue weighted by atomic mass is 35.5. The normalized spacial score (nSPS) is 10.7. The Hall–Kier alpha value is -1.89. The summed E-state index contributed by atoms with van der Waals surface area (Å²) in [4.78, 5) is 37.0. The molecule has 2 rings (SSSR count). The predicted octanol–water partition coefficient (Wildman–Crippen LogP) is 4.79. The molecule has 0 saturated carbocycles. The first-order chi connectivity index (χ1) is 12.3. The Kier molecular flexibility index (Phi) is 7.20. The van der Waals surface area contributed by atoms with Crippen molar-refractivity contribution in [3.05, 3.63) is 50.1 Å². The van der Waals surface area contributed by atoms with E-state index in [-0.39, 0.29) is 36.5 Å². The van der Waals surface area contributed by atoms with Crippen molar-refractivity contribution in [2.75, 3.05) is 5.32 Å². The summed E-state index contributed by atoms with van der Waals surface area (Å²) < 4.78 is 0.525. The van der Waals surface area contributed by atoms with Crippen molar-refractivity contribution >= 4 is 57.8 Å². The first kappa shape index (κ1) is 20.4. The highest BCUT2D eigenvalue weighted by molar-refractivity contribution is 7.18. The third kappa shape index (κ3) is 5.83. The number of ketones is 1. The molecule has 0 fully saturated rings. The van der Waals surface area contributed by atoms with Crippen LogP contribution in [0, 0.1) is 0 Å². The molecule has 5 nitrogen and oxygen atoms in total. The Morgan fingerprint density at radius 3 is 2.42 bits per heavy atom. The largest absolute Gasteiger partial charge is 0.350 e. The van der Waals surface area contributed by atoms with Gasteiger partial charge in [-0.2, -0.15) is 0 Å². The molecule has 0 aliphatic carbocycles. The summed E-state index contributed by atoms with van der Waals surface area (Å²) in [5.41, 5.74) is 0.625. The van der Waals surface area contributed by atoms with Crippen LogP contribution in [0.4, 0.5) is 5.69 Å². The Morgan fingerprint density at radius 1 is 1.08 bits per heavy atom. The summed E-state index contributed by atoms with van der Waals surface area (Å²) in [6.07, 6.45) is 0.0445. The molecule has 2 amide bonds. The number of halogens is 2. The Bertz CT molecular complexity index is 834. The number of rotatable bonds is 7. The van der Waals surface area contributed by atoms with Gasteiger partial charge in [-0.15, -0.1) is 11.3 Å². The summed E-state index contributed by atoms with van der Waals surface area (Å²) in [5.74, 6) is -0.834. The highest BCUT2D eigenvalue weighted by Gasteiger charge is 2.16. The monoisotopic (exact) mass is 412 g/mol. The molecule has 0 saturated heterocycles. The van der Waals surface area contributed by atoms with Crippen LogP contribution in [0.1, 0.15) is 46.7 Å². The number of carbonyl (C=O) groups is 3. The average Bonchev–Trinajstić information content (AvgIpc) is 2.98. The summed E-state index contributed by atoms with van der Waals surface area (Å²) in [5, 5.41) is 5.82. The second kappa shape index (κ2) is 9.16. The van der Waals surface area contributed by atoms with E-state index in [2.05, 4.69) is 10.6 Å². The standard InChI is InChI=1S/C18H18Cl2N2O3S/c1-10(2)21-18(25)12-4-3-11(19)9-13(12)22-17(24)8-5-14(23)15-6-7-16(20)26-15/h3-4,6-7,9-10H,5,8H2,1-2H3,(H,21,25)(H,22,24). The van der Waals surface area contributed by atoms with Gasteiger partial charge in [-0.1, -0.05) is 23.2 Å². The second-order valence-corrected chi connectivity index (χ2v) is 8.04. The smallest absolute Gasteiger partial charge is 0.253 e. The molecule has 8 heteroatoms. The molecule has 0 unspecified atom stereocenters. The van der Waals surface area contributed by atoms with Gasteiger partial charge in [-0.3, -0.25) is 14.4 Å². The molecule has 1 heterocycles. The Balaban J connectivity index is 2.02. The van der Waals surface area contributed by atoms with E-state index in [4.69, 9.17) is 23.2 Å². The number of anilines is 1.